The number of Topliss-reactive ketones (excluding diaryl/α,β-unsaturated/α-hetero) is 1. The number of fused-ring (bicyclic) bond motifs is 1. The molecule has 0 aliphatic heterocycles. The van der Waals surface area contributed by atoms with E-state index in [-0.39, 0.29) is 16.7 Å². The number of hydrogen-bond donors (Lipinski definition) is 0. The maximum absolute atomic E-state index is 13.0. The summed E-state index contributed by atoms with van der Waals surface area (Å²) < 4.78 is 27.5. The highest BCUT2D eigenvalue weighted by Crippen LogP contribution is 2.36. The van der Waals surface area contributed by atoms with Gasteiger partial charge in [0, 0.05) is 18.7 Å². The van der Waals surface area contributed by atoms with E-state index in [0.29, 0.717) is 5.56 Å². The summed E-state index contributed by atoms with van der Waals surface area (Å²) in [6.07, 6.45) is 2.76. The molecule has 2 aromatic carbocycles. The monoisotopic (exact) mass is 343 g/mol. The first-order valence-electron chi connectivity index (χ1n) is 8.08. The van der Waals surface area contributed by atoms with E-state index in [1.54, 1.807) is 25.2 Å². The van der Waals surface area contributed by atoms with Crippen LogP contribution >= 0.6 is 0 Å². The van der Waals surface area contributed by atoms with E-state index in [4.69, 9.17) is 0 Å². The Morgan fingerprint density at radius 3 is 2.62 bits per heavy atom. The first kappa shape index (κ1) is 16.9. The molecule has 5 heteroatoms. The van der Waals surface area contributed by atoms with Crippen LogP contribution in [0.5, 0.6) is 0 Å². The van der Waals surface area contributed by atoms with Gasteiger partial charge in [0.05, 0.1) is 4.90 Å². The van der Waals surface area contributed by atoms with Crippen molar-refractivity contribution < 1.29 is 13.2 Å². The van der Waals surface area contributed by atoms with Gasteiger partial charge in [0.1, 0.15) is 0 Å². The van der Waals surface area contributed by atoms with Crippen molar-refractivity contribution in [3.05, 3.63) is 65.2 Å². The van der Waals surface area contributed by atoms with Crippen LogP contribution in [0.15, 0.2) is 53.4 Å². The number of ketones is 1. The number of carbonyl (C=O) groups is 1. The van der Waals surface area contributed by atoms with Crippen molar-refractivity contribution in [2.45, 2.75) is 37.1 Å². The Balaban J connectivity index is 1.99. The number of nitrogens with zero attached hydrogens (tertiary/aromatic N) is 1. The summed E-state index contributed by atoms with van der Waals surface area (Å²) in [5.74, 6) is -0.141. The zero-order valence-corrected chi connectivity index (χ0v) is 14.7. The normalized spacial score (nSPS) is 17.5. The van der Waals surface area contributed by atoms with Gasteiger partial charge in [-0.05, 0) is 49.4 Å². The van der Waals surface area contributed by atoms with Crippen molar-refractivity contribution in [1.29, 1.82) is 0 Å². The number of sulfonamides is 1. The van der Waals surface area contributed by atoms with Crippen LogP contribution in [0.25, 0.3) is 0 Å². The van der Waals surface area contributed by atoms with E-state index in [2.05, 4.69) is 6.07 Å². The molecule has 0 bridgehead atoms. The molecule has 0 saturated carbocycles. The molecule has 2 aromatic rings. The minimum atomic E-state index is -3.66. The maximum atomic E-state index is 13.0. The summed E-state index contributed by atoms with van der Waals surface area (Å²) in [5, 5.41) is 0. The highest BCUT2D eigenvalue weighted by atomic mass is 32.2. The summed E-state index contributed by atoms with van der Waals surface area (Å²) in [7, 11) is -2.03. The molecule has 1 aliphatic carbocycles. The van der Waals surface area contributed by atoms with E-state index in [9.17, 15) is 13.2 Å². The maximum Gasteiger partial charge on any atom is 0.243 e. The van der Waals surface area contributed by atoms with Gasteiger partial charge in [-0.1, -0.05) is 36.4 Å². The smallest absolute Gasteiger partial charge is 0.243 e. The summed E-state index contributed by atoms with van der Waals surface area (Å²) in [5.41, 5.74) is 2.71. The quantitative estimate of drug-likeness (QED) is 0.797. The second-order valence-corrected chi connectivity index (χ2v) is 8.21. The van der Waals surface area contributed by atoms with Gasteiger partial charge in [-0.3, -0.25) is 4.79 Å². The lowest BCUT2D eigenvalue weighted by molar-refractivity contribution is 0.101. The largest absolute Gasteiger partial charge is 0.295 e. The highest BCUT2D eigenvalue weighted by Gasteiger charge is 2.32. The lowest BCUT2D eigenvalue weighted by Crippen LogP contribution is -2.33. The Morgan fingerprint density at radius 2 is 1.88 bits per heavy atom. The average molecular weight is 343 g/mol. The van der Waals surface area contributed by atoms with Crippen molar-refractivity contribution >= 4 is 15.8 Å². The van der Waals surface area contributed by atoms with Crippen LogP contribution in [0.2, 0.25) is 0 Å². The minimum absolute atomic E-state index is 0.141. The Labute approximate surface area is 143 Å². The van der Waals surface area contributed by atoms with Gasteiger partial charge in [-0.25, -0.2) is 8.42 Å². The number of rotatable bonds is 4. The fraction of sp³-hybridized carbons (Fsp3) is 0.316. The van der Waals surface area contributed by atoms with Crippen LogP contribution in [0, 0.1) is 0 Å². The van der Waals surface area contributed by atoms with Crippen LogP contribution in [0.3, 0.4) is 0 Å². The van der Waals surface area contributed by atoms with Gasteiger partial charge in [-0.2, -0.15) is 4.31 Å². The predicted molar refractivity (Wildman–Crippen MR) is 93.5 cm³/mol. The van der Waals surface area contributed by atoms with Crippen molar-refractivity contribution in [1.82, 2.24) is 4.31 Å². The molecule has 1 atom stereocenters. The molecular formula is C19H21NO3S. The third-order valence-corrected chi connectivity index (χ3v) is 6.56. The van der Waals surface area contributed by atoms with Crippen molar-refractivity contribution in [2.24, 2.45) is 0 Å². The van der Waals surface area contributed by atoms with E-state index in [1.165, 1.54) is 22.9 Å². The highest BCUT2D eigenvalue weighted by molar-refractivity contribution is 7.89. The SMILES string of the molecule is CC(=O)c1cccc(S(=O)(=O)N(C)C2CCCc3ccccc32)c1. The summed E-state index contributed by atoms with van der Waals surface area (Å²) in [4.78, 5) is 11.7. The van der Waals surface area contributed by atoms with Gasteiger partial charge in [-0.15, -0.1) is 0 Å². The molecule has 126 valence electrons. The standard InChI is InChI=1S/C19H21NO3S/c1-14(21)16-9-5-10-17(13-16)24(22,23)20(2)19-12-6-8-15-7-3-4-11-18(15)19/h3-5,7,9-11,13,19H,6,8,12H2,1-2H3. The lowest BCUT2D eigenvalue weighted by Gasteiger charge is -2.32. The van der Waals surface area contributed by atoms with E-state index < -0.39 is 10.0 Å². The number of carbonyl (C=O) groups excluding carboxylic acids is 1. The van der Waals surface area contributed by atoms with Gasteiger partial charge in [0.15, 0.2) is 5.78 Å². The summed E-state index contributed by atoms with van der Waals surface area (Å²) in [6, 6.07) is 14.1. The second-order valence-electron chi connectivity index (χ2n) is 6.21. The number of hydrogen-bond acceptors (Lipinski definition) is 3. The predicted octanol–water partition coefficient (Wildman–Crippen LogP) is 3.59. The molecule has 0 heterocycles. The molecule has 0 fully saturated rings. The molecule has 0 N–H and O–H groups in total. The van der Waals surface area contributed by atoms with Crippen molar-refractivity contribution in [3.8, 4) is 0 Å². The molecule has 0 spiro atoms. The van der Waals surface area contributed by atoms with Gasteiger partial charge in [0.25, 0.3) is 0 Å². The lowest BCUT2D eigenvalue weighted by atomic mass is 9.88. The summed E-state index contributed by atoms with van der Waals surface area (Å²) in [6.45, 7) is 1.44. The molecular weight excluding hydrogens is 322 g/mol. The van der Waals surface area contributed by atoms with Gasteiger partial charge in [0.2, 0.25) is 10.0 Å². The first-order chi connectivity index (χ1) is 11.4. The van der Waals surface area contributed by atoms with Gasteiger partial charge >= 0.3 is 0 Å². The third kappa shape index (κ3) is 3.01. The van der Waals surface area contributed by atoms with E-state index in [1.807, 2.05) is 18.2 Å². The Kier molecular flexibility index (Phi) is 4.56. The fourth-order valence-electron chi connectivity index (χ4n) is 3.32. The zero-order chi connectivity index (χ0) is 17.3. The average Bonchev–Trinajstić information content (AvgIpc) is 2.60. The molecule has 3 rings (SSSR count). The van der Waals surface area contributed by atoms with E-state index >= 15 is 0 Å². The zero-order valence-electron chi connectivity index (χ0n) is 13.9. The van der Waals surface area contributed by atoms with Crippen LogP contribution in [-0.2, 0) is 16.4 Å². The van der Waals surface area contributed by atoms with Gasteiger partial charge < -0.3 is 0 Å². The fourth-order valence-corrected chi connectivity index (χ4v) is 4.73. The van der Waals surface area contributed by atoms with Crippen LogP contribution < -0.4 is 0 Å². The molecule has 4 nitrogen and oxygen atoms in total. The number of aryl methyl sites for hydroxylation is 1. The molecule has 0 saturated heterocycles. The molecule has 24 heavy (non-hydrogen) atoms. The van der Waals surface area contributed by atoms with Crippen LogP contribution in [0.4, 0.5) is 0 Å². The Bertz CT molecular complexity index is 874. The third-order valence-electron chi connectivity index (χ3n) is 4.69. The Hall–Kier alpha value is -1.98. The van der Waals surface area contributed by atoms with Crippen LogP contribution in [0.1, 0.15) is 47.3 Å². The topological polar surface area (TPSA) is 54.5 Å². The van der Waals surface area contributed by atoms with Crippen LogP contribution in [-0.4, -0.2) is 25.6 Å². The molecule has 0 radical (unpaired) electrons. The van der Waals surface area contributed by atoms with Crippen molar-refractivity contribution in [2.75, 3.05) is 7.05 Å². The molecule has 1 unspecified atom stereocenters. The summed E-state index contributed by atoms with van der Waals surface area (Å²) >= 11 is 0. The molecule has 1 aliphatic rings. The number of benzene rings is 2. The van der Waals surface area contributed by atoms with E-state index in [0.717, 1.165) is 24.8 Å². The Morgan fingerprint density at radius 1 is 1.12 bits per heavy atom. The van der Waals surface area contributed by atoms with Crippen molar-refractivity contribution in [3.63, 3.8) is 0 Å². The minimum Gasteiger partial charge on any atom is -0.295 e. The molecule has 0 aromatic heterocycles. The molecule has 0 amide bonds. The first-order valence-corrected chi connectivity index (χ1v) is 9.52. The second kappa shape index (κ2) is 6.49.